The van der Waals surface area contributed by atoms with Crippen LogP contribution in [0.3, 0.4) is 0 Å². The molecule has 1 saturated heterocycles. The monoisotopic (exact) mass is 392 g/mol. The lowest BCUT2D eigenvalue weighted by atomic mass is 9.95. The van der Waals surface area contributed by atoms with E-state index in [-0.39, 0.29) is 23.0 Å². The molecule has 1 fully saturated rings. The zero-order valence-electron chi connectivity index (χ0n) is 16.4. The number of rotatable bonds is 7. The summed E-state index contributed by atoms with van der Waals surface area (Å²) in [5.74, 6) is -2.27. The van der Waals surface area contributed by atoms with Crippen LogP contribution in [0, 0.1) is 17.5 Å². The first-order chi connectivity index (χ1) is 13.5. The van der Waals surface area contributed by atoms with E-state index in [4.69, 9.17) is 9.47 Å². The second-order valence-electron chi connectivity index (χ2n) is 7.35. The Bertz CT molecular complexity index is 799. The summed E-state index contributed by atoms with van der Waals surface area (Å²) < 4.78 is 54.7. The molecule has 3 rings (SSSR count). The molecule has 0 aromatic heterocycles. The van der Waals surface area contributed by atoms with E-state index >= 15 is 0 Å². The van der Waals surface area contributed by atoms with Gasteiger partial charge < -0.3 is 9.47 Å². The number of methoxy groups -OCH3 is 1. The molecule has 2 nitrogen and oxygen atoms in total. The van der Waals surface area contributed by atoms with E-state index in [2.05, 4.69) is 6.92 Å². The summed E-state index contributed by atoms with van der Waals surface area (Å²) in [6.07, 6.45) is 4.45. The van der Waals surface area contributed by atoms with Gasteiger partial charge in [-0.25, -0.2) is 13.2 Å². The fourth-order valence-corrected chi connectivity index (χ4v) is 3.68. The van der Waals surface area contributed by atoms with Crippen LogP contribution in [0.15, 0.2) is 30.3 Å². The zero-order valence-corrected chi connectivity index (χ0v) is 16.4. The largest absolute Gasteiger partial charge is 0.379 e. The molecule has 2 aromatic rings. The molecule has 2 atom stereocenters. The van der Waals surface area contributed by atoms with Gasteiger partial charge in [-0.2, -0.15) is 0 Å². The van der Waals surface area contributed by atoms with E-state index in [0.717, 1.165) is 25.7 Å². The molecule has 0 saturated carbocycles. The zero-order chi connectivity index (χ0) is 20.1. The molecule has 1 aliphatic heterocycles. The first-order valence-corrected chi connectivity index (χ1v) is 9.96. The molecule has 28 heavy (non-hydrogen) atoms. The normalized spacial score (nSPS) is 19.8. The Morgan fingerprint density at radius 2 is 1.86 bits per heavy atom. The molecular formula is C23H27F3O2. The molecular weight excluding hydrogens is 365 g/mol. The fourth-order valence-electron chi connectivity index (χ4n) is 3.68. The van der Waals surface area contributed by atoms with Gasteiger partial charge in [-0.15, -0.1) is 0 Å². The van der Waals surface area contributed by atoms with Crippen LogP contribution >= 0.6 is 0 Å². The van der Waals surface area contributed by atoms with E-state index in [9.17, 15) is 13.2 Å². The topological polar surface area (TPSA) is 18.5 Å². The average molecular weight is 392 g/mol. The Labute approximate surface area is 164 Å². The van der Waals surface area contributed by atoms with Gasteiger partial charge in [0.25, 0.3) is 0 Å². The lowest BCUT2D eigenvalue weighted by molar-refractivity contribution is -0.0736. The highest BCUT2D eigenvalue weighted by Crippen LogP contribution is 2.35. The number of hydrogen-bond acceptors (Lipinski definition) is 2. The predicted octanol–water partition coefficient (Wildman–Crippen LogP) is 6.37. The summed E-state index contributed by atoms with van der Waals surface area (Å²) >= 11 is 0. The third kappa shape index (κ3) is 4.58. The molecule has 0 bridgehead atoms. The van der Waals surface area contributed by atoms with Crippen LogP contribution in [0.25, 0.3) is 11.1 Å². The van der Waals surface area contributed by atoms with E-state index in [1.54, 1.807) is 25.3 Å². The van der Waals surface area contributed by atoms with Crippen LogP contribution in [0.1, 0.15) is 56.3 Å². The second kappa shape index (κ2) is 9.57. The van der Waals surface area contributed by atoms with Crippen LogP contribution in [-0.4, -0.2) is 19.8 Å². The fraction of sp³-hybridized carbons (Fsp3) is 0.478. The SMILES string of the molecule is CCCCCc1ccc(-c2ccc(C3CCC(OC)CO3)c(F)c2F)cc1F. The van der Waals surface area contributed by atoms with Gasteiger partial charge in [-0.1, -0.05) is 44.0 Å². The Morgan fingerprint density at radius 1 is 1.04 bits per heavy atom. The number of benzene rings is 2. The van der Waals surface area contributed by atoms with Gasteiger partial charge in [0.15, 0.2) is 11.6 Å². The lowest BCUT2D eigenvalue weighted by Gasteiger charge is -2.28. The Balaban J connectivity index is 1.80. The number of ether oxygens (including phenoxy) is 2. The summed E-state index contributed by atoms with van der Waals surface area (Å²) in [7, 11) is 1.61. The molecule has 0 spiro atoms. The second-order valence-corrected chi connectivity index (χ2v) is 7.35. The first-order valence-electron chi connectivity index (χ1n) is 9.96. The van der Waals surface area contributed by atoms with Crippen molar-refractivity contribution < 1.29 is 22.6 Å². The van der Waals surface area contributed by atoms with Crippen molar-refractivity contribution in [2.75, 3.05) is 13.7 Å². The maximum absolute atomic E-state index is 14.7. The highest BCUT2D eigenvalue weighted by molar-refractivity contribution is 5.65. The summed E-state index contributed by atoms with van der Waals surface area (Å²) in [5.41, 5.74) is 1.21. The standard InChI is InChI=1S/C23H27F3O2/c1-3-4-5-6-15-7-8-16(13-20(15)24)18-10-11-19(23(26)22(18)25)21-12-9-17(27-2)14-28-21/h7-8,10-11,13,17,21H,3-6,9,12,14H2,1-2H3. The minimum atomic E-state index is -0.965. The third-order valence-corrected chi connectivity index (χ3v) is 5.44. The van der Waals surface area contributed by atoms with E-state index in [1.165, 1.54) is 12.1 Å². The van der Waals surface area contributed by atoms with Crippen LogP contribution in [-0.2, 0) is 15.9 Å². The first kappa shape index (κ1) is 20.9. The van der Waals surface area contributed by atoms with Crippen LogP contribution in [0.4, 0.5) is 13.2 Å². The number of unbranched alkanes of at least 4 members (excludes halogenated alkanes) is 2. The molecule has 5 heteroatoms. The summed E-state index contributed by atoms with van der Waals surface area (Å²) in [6, 6.07) is 7.66. The van der Waals surface area contributed by atoms with Crippen molar-refractivity contribution in [1.82, 2.24) is 0 Å². The van der Waals surface area contributed by atoms with Gasteiger partial charge in [-0.3, -0.25) is 0 Å². The molecule has 0 aliphatic carbocycles. The van der Waals surface area contributed by atoms with Gasteiger partial charge in [0.05, 0.1) is 18.8 Å². The van der Waals surface area contributed by atoms with Gasteiger partial charge >= 0.3 is 0 Å². The molecule has 1 heterocycles. The van der Waals surface area contributed by atoms with Crippen LogP contribution in [0.2, 0.25) is 0 Å². The van der Waals surface area contributed by atoms with Crippen molar-refractivity contribution >= 4 is 0 Å². The Hall–Kier alpha value is -1.85. The number of halogens is 3. The Morgan fingerprint density at radius 3 is 2.50 bits per heavy atom. The maximum atomic E-state index is 14.7. The highest BCUT2D eigenvalue weighted by atomic mass is 19.2. The van der Waals surface area contributed by atoms with Crippen molar-refractivity contribution in [3.63, 3.8) is 0 Å². The van der Waals surface area contributed by atoms with E-state index in [1.807, 2.05) is 0 Å². The predicted molar refractivity (Wildman–Crippen MR) is 104 cm³/mol. The highest BCUT2D eigenvalue weighted by Gasteiger charge is 2.27. The van der Waals surface area contributed by atoms with Crippen LogP contribution in [0.5, 0.6) is 0 Å². The molecule has 0 radical (unpaired) electrons. The van der Waals surface area contributed by atoms with Crippen molar-refractivity contribution in [1.29, 1.82) is 0 Å². The molecule has 0 amide bonds. The molecule has 2 aromatic carbocycles. The smallest absolute Gasteiger partial charge is 0.167 e. The molecule has 1 aliphatic rings. The van der Waals surface area contributed by atoms with Crippen molar-refractivity contribution in [3.8, 4) is 11.1 Å². The maximum Gasteiger partial charge on any atom is 0.167 e. The average Bonchev–Trinajstić information content (AvgIpc) is 2.71. The minimum absolute atomic E-state index is 0.0118. The van der Waals surface area contributed by atoms with Gasteiger partial charge in [0, 0.05) is 18.2 Å². The summed E-state index contributed by atoms with van der Waals surface area (Å²) in [4.78, 5) is 0. The molecule has 2 unspecified atom stereocenters. The molecule has 0 N–H and O–H groups in total. The lowest BCUT2D eigenvalue weighted by Crippen LogP contribution is -2.27. The van der Waals surface area contributed by atoms with Crippen molar-refractivity contribution in [3.05, 3.63) is 58.9 Å². The minimum Gasteiger partial charge on any atom is -0.379 e. The summed E-state index contributed by atoms with van der Waals surface area (Å²) in [5, 5.41) is 0. The quantitative estimate of drug-likeness (QED) is 0.510. The number of hydrogen-bond donors (Lipinski definition) is 0. The van der Waals surface area contributed by atoms with Crippen molar-refractivity contribution in [2.45, 2.75) is 57.7 Å². The third-order valence-electron chi connectivity index (χ3n) is 5.44. The van der Waals surface area contributed by atoms with Crippen molar-refractivity contribution in [2.24, 2.45) is 0 Å². The summed E-state index contributed by atoms with van der Waals surface area (Å²) in [6.45, 7) is 2.45. The van der Waals surface area contributed by atoms with Gasteiger partial charge in [0.1, 0.15) is 5.82 Å². The van der Waals surface area contributed by atoms with Gasteiger partial charge in [0.2, 0.25) is 0 Å². The van der Waals surface area contributed by atoms with Crippen LogP contribution < -0.4 is 0 Å². The van der Waals surface area contributed by atoms with E-state index < -0.39 is 17.7 Å². The molecule has 152 valence electrons. The van der Waals surface area contributed by atoms with Gasteiger partial charge in [-0.05, 0) is 42.9 Å². The number of aryl methyl sites for hydroxylation is 1. The van der Waals surface area contributed by atoms with E-state index in [0.29, 0.717) is 30.6 Å². The Kier molecular flexibility index (Phi) is 7.13.